The molecule has 2 aromatic heterocycles. The second-order valence-corrected chi connectivity index (χ2v) is 8.98. The van der Waals surface area contributed by atoms with Crippen molar-refractivity contribution in [3.05, 3.63) is 42.1 Å². The predicted octanol–water partition coefficient (Wildman–Crippen LogP) is 4.19. The van der Waals surface area contributed by atoms with Crippen LogP contribution < -0.4 is 4.74 Å². The molecule has 0 spiro atoms. The quantitative estimate of drug-likeness (QED) is 0.495. The number of methoxy groups -OCH3 is 1. The highest BCUT2D eigenvalue weighted by Crippen LogP contribution is 2.37. The normalized spacial score (nSPS) is 18.3. The number of rotatable bonds is 6. The third-order valence-electron chi connectivity index (χ3n) is 7.06. The van der Waals surface area contributed by atoms with E-state index >= 15 is 0 Å². The Hall–Kier alpha value is -3.30. The molecule has 0 aliphatic carbocycles. The number of nitrogens with zero attached hydrogens (tertiary/aromatic N) is 6. The average molecular weight is 479 g/mol. The van der Waals surface area contributed by atoms with Gasteiger partial charge < -0.3 is 14.4 Å². The number of piperidine rings is 1. The standard InChI is InChI=1S/C26H31FN6O2/c1-18(31-8-5-19(6-9-31)32-10-12-35-13-11-32)17-33-26(28-2)22(16-30-33)20-4-7-29-24-15-23(27)25(34-3)14-21(20)24/h4,7,14-17,19H,2,5-6,8-13H2,1,3H3/b18-17+. The zero-order valence-electron chi connectivity index (χ0n) is 20.3. The van der Waals surface area contributed by atoms with Crippen molar-refractivity contribution < 1.29 is 13.9 Å². The van der Waals surface area contributed by atoms with E-state index in [0.717, 1.165) is 74.4 Å². The van der Waals surface area contributed by atoms with Crippen LogP contribution in [0, 0.1) is 5.82 Å². The highest BCUT2D eigenvalue weighted by Gasteiger charge is 2.26. The van der Waals surface area contributed by atoms with E-state index < -0.39 is 5.82 Å². The van der Waals surface area contributed by atoms with Gasteiger partial charge in [-0.3, -0.25) is 9.88 Å². The first-order chi connectivity index (χ1) is 17.1. The SMILES string of the molecule is C=Nc1c(-c2ccnc3cc(F)c(OC)cc23)cnn1/C=C(\C)N1CCC(N2CCOCC2)CC1. The number of aliphatic imine (C=N–C) groups is 1. The van der Waals surface area contributed by atoms with Gasteiger partial charge in [0.05, 0.1) is 32.0 Å². The average Bonchev–Trinajstić information content (AvgIpc) is 3.30. The van der Waals surface area contributed by atoms with Gasteiger partial charge in [-0.1, -0.05) is 0 Å². The fraction of sp³-hybridized carbons (Fsp3) is 0.423. The number of pyridine rings is 1. The van der Waals surface area contributed by atoms with E-state index in [9.17, 15) is 4.39 Å². The number of halogens is 1. The molecule has 2 saturated heterocycles. The lowest BCUT2D eigenvalue weighted by Crippen LogP contribution is -2.48. The lowest BCUT2D eigenvalue weighted by atomic mass is 10.0. The smallest absolute Gasteiger partial charge is 0.167 e. The molecule has 0 saturated carbocycles. The Bertz CT molecular complexity index is 1240. The van der Waals surface area contributed by atoms with Crippen molar-refractivity contribution in [1.82, 2.24) is 24.6 Å². The first kappa shape index (κ1) is 23.4. The van der Waals surface area contributed by atoms with Crippen LogP contribution >= 0.6 is 0 Å². The first-order valence-electron chi connectivity index (χ1n) is 12.0. The second-order valence-electron chi connectivity index (χ2n) is 8.98. The number of ether oxygens (including phenoxy) is 2. The van der Waals surface area contributed by atoms with Crippen molar-refractivity contribution in [2.24, 2.45) is 4.99 Å². The second kappa shape index (κ2) is 10.1. The van der Waals surface area contributed by atoms with E-state index in [-0.39, 0.29) is 5.75 Å². The Labute approximate surface area is 204 Å². The maximum absolute atomic E-state index is 14.2. The Morgan fingerprint density at radius 3 is 2.69 bits per heavy atom. The van der Waals surface area contributed by atoms with Gasteiger partial charge >= 0.3 is 0 Å². The molecule has 4 heterocycles. The zero-order valence-corrected chi connectivity index (χ0v) is 20.3. The molecule has 2 fully saturated rings. The van der Waals surface area contributed by atoms with E-state index in [0.29, 0.717) is 17.4 Å². The van der Waals surface area contributed by atoms with Crippen LogP contribution in [0.25, 0.3) is 28.2 Å². The number of fused-ring (bicyclic) bond motifs is 1. The number of allylic oxidation sites excluding steroid dienone is 1. The van der Waals surface area contributed by atoms with Crippen LogP contribution in [0.4, 0.5) is 10.2 Å². The summed E-state index contributed by atoms with van der Waals surface area (Å²) < 4.78 is 26.7. The van der Waals surface area contributed by atoms with Crippen LogP contribution in [0.1, 0.15) is 19.8 Å². The zero-order chi connectivity index (χ0) is 24.4. The number of benzene rings is 1. The minimum atomic E-state index is -0.446. The number of aromatic nitrogens is 3. The van der Waals surface area contributed by atoms with Crippen LogP contribution in [-0.4, -0.2) is 83.8 Å². The van der Waals surface area contributed by atoms with Crippen LogP contribution in [0.5, 0.6) is 5.75 Å². The van der Waals surface area contributed by atoms with Crippen LogP contribution in [0.3, 0.4) is 0 Å². The van der Waals surface area contributed by atoms with Crippen molar-refractivity contribution in [2.45, 2.75) is 25.8 Å². The van der Waals surface area contributed by atoms with Crippen molar-refractivity contribution in [1.29, 1.82) is 0 Å². The predicted molar refractivity (Wildman–Crippen MR) is 136 cm³/mol. The van der Waals surface area contributed by atoms with Crippen LogP contribution in [0.2, 0.25) is 0 Å². The highest BCUT2D eigenvalue weighted by molar-refractivity contribution is 5.97. The summed E-state index contributed by atoms with van der Waals surface area (Å²) in [5.41, 5.74) is 3.32. The number of likely N-dealkylation sites (tertiary alicyclic amines) is 1. The molecule has 35 heavy (non-hydrogen) atoms. The van der Waals surface area contributed by atoms with E-state index in [1.807, 2.05) is 12.3 Å². The lowest BCUT2D eigenvalue weighted by molar-refractivity contribution is 0.00349. The Morgan fingerprint density at radius 1 is 1.20 bits per heavy atom. The minimum Gasteiger partial charge on any atom is -0.494 e. The molecular weight excluding hydrogens is 447 g/mol. The van der Waals surface area contributed by atoms with E-state index in [1.54, 1.807) is 23.1 Å². The summed E-state index contributed by atoms with van der Waals surface area (Å²) in [5.74, 6) is 0.352. The third kappa shape index (κ3) is 4.66. The summed E-state index contributed by atoms with van der Waals surface area (Å²) in [7, 11) is 1.45. The Morgan fingerprint density at radius 2 is 1.97 bits per heavy atom. The molecule has 0 amide bonds. The van der Waals surface area contributed by atoms with E-state index in [4.69, 9.17) is 9.47 Å². The maximum Gasteiger partial charge on any atom is 0.167 e. The first-order valence-corrected chi connectivity index (χ1v) is 12.0. The monoisotopic (exact) mass is 478 g/mol. The number of hydrogen-bond donors (Lipinski definition) is 0. The van der Waals surface area contributed by atoms with Gasteiger partial charge in [0.2, 0.25) is 0 Å². The molecule has 0 bridgehead atoms. The fourth-order valence-electron chi connectivity index (χ4n) is 5.12. The molecule has 2 aliphatic rings. The molecule has 184 valence electrons. The van der Waals surface area contributed by atoms with Gasteiger partial charge in [0.25, 0.3) is 0 Å². The van der Waals surface area contributed by atoms with Gasteiger partial charge in [0.15, 0.2) is 17.4 Å². The van der Waals surface area contributed by atoms with Gasteiger partial charge in [-0.15, -0.1) is 0 Å². The highest BCUT2D eigenvalue weighted by atomic mass is 19.1. The van der Waals surface area contributed by atoms with Gasteiger partial charge in [-0.2, -0.15) is 5.10 Å². The van der Waals surface area contributed by atoms with Gasteiger partial charge in [-0.05, 0) is 44.2 Å². The molecule has 0 atom stereocenters. The lowest BCUT2D eigenvalue weighted by Gasteiger charge is -2.41. The summed E-state index contributed by atoms with van der Waals surface area (Å²) in [5, 5.41) is 5.35. The van der Waals surface area contributed by atoms with Crippen LogP contribution in [-0.2, 0) is 4.74 Å². The van der Waals surface area contributed by atoms with Crippen molar-refractivity contribution in [3.63, 3.8) is 0 Å². The maximum atomic E-state index is 14.2. The molecule has 5 rings (SSSR count). The van der Waals surface area contributed by atoms with Crippen molar-refractivity contribution in [3.8, 4) is 16.9 Å². The van der Waals surface area contributed by atoms with Crippen molar-refractivity contribution in [2.75, 3.05) is 46.5 Å². The fourth-order valence-corrected chi connectivity index (χ4v) is 5.12. The van der Waals surface area contributed by atoms with Gasteiger partial charge in [0.1, 0.15) is 0 Å². The largest absolute Gasteiger partial charge is 0.494 e. The van der Waals surface area contributed by atoms with Crippen LogP contribution in [0.15, 0.2) is 41.3 Å². The molecule has 3 aromatic rings. The topological polar surface area (TPSA) is 68.0 Å². The molecule has 8 nitrogen and oxygen atoms in total. The molecular formula is C26H31FN6O2. The van der Waals surface area contributed by atoms with E-state index in [2.05, 4.69) is 38.5 Å². The summed E-state index contributed by atoms with van der Waals surface area (Å²) in [6.45, 7) is 11.7. The summed E-state index contributed by atoms with van der Waals surface area (Å²) >= 11 is 0. The summed E-state index contributed by atoms with van der Waals surface area (Å²) in [6, 6.07) is 5.55. The van der Waals surface area contributed by atoms with E-state index in [1.165, 1.54) is 13.2 Å². The van der Waals surface area contributed by atoms with Crippen molar-refractivity contribution >= 4 is 29.6 Å². The Balaban J connectivity index is 1.39. The molecule has 0 unspecified atom stereocenters. The molecule has 1 aromatic carbocycles. The Kier molecular flexibility index (Phi) is 6.79. The number of morpholine rings is 1. The van der Waals surface area contributed by atoms with Gasteiger partial charge in [0, 0.05) is 67.3 Å². The molecule has 2 aliphatic heterocycles. The molecule has 0 radical (unpaired) electrons. The minimum absolute atomic E-state index is 0.170. The molecule has 9 heteroatoms. The summed E-state index contributed by atoms with van der Waals surface area (Å²) in [6.07, 6.45) is 7.72. The molecule has 0 N–H and O–H groups in total. The van der Waals surface area contributed by atoms with Gasteiger partial charge in [-0.25, -0.2) is 14.1 Å². The third-order valence-corrected chi connectivity index (χ3v) is 7.06. The number of hydrogen-bond acceptors (Lipinski definition) is 7. The summed E-state index contributed by atoms with van der Waals surface area (Å²) in [4.78, 5) is 13.6.